The maximum atomic E-state index is 6.69. The van der Waals surface area contributed by atoms with Crippen molar-refractivity contribution in [3.05, 3.63) is 78.7 Å². The molecule has 0 saturated heterocycles. The predicted molar refractivity (Wildman–Crippen MR) is 58.0 cm³/mol. The Morgan fingerprint density at radius 1 is 0.867 bits per heavy atom. The minimum absolute atomic E-state index is 0. The van der Waals surface area contributed by atoms with Crippen molar-refractivity contribution in [3.8, 4) is 5.92 Å². The van der Waals surface area contributed by atoms with Crippen molar-refractivity contribution in [1.29, 1.82) is 0 Å². The molecule has 0 spiro atoms. The molecule has 0 amide bonds. The van der Waals surface area contributed by atoms with Gasteiger partial charge in [-0.05, 0) is 24.6 Å². The molecule has 0 bridgehead atoms. The van der Waals surface area contributed by atoms with E-state index in [0.717, 1.165) is 5.56 Å². The first-order valence-corrected chi connectivity index (χ1v) is 4.32. The van der Waals surface area contributed by atoms with Crippen LogP contribution in [-0.2, 0) is 27.7 Å². The summed E-state index contributed by atoms with van der Waals surface area (Å²) in [4.78, 5) is 0. The van der Waals surface area contributed by atoms with Gasteiger partial charge < -0.3 is 0 Å². The molecule has 0 unspecified atom stereocenters. The van der Waals surface area contributed by atoms with E-state index >= 15 is 0 Å². The molecular weight excluding hydrogens is 369 g/mol. The van der Waals surface area contributed by atoms with Crippen LogP contribution in [0.15, 0.2) is 60.7 Å². The molecule has 2 radical (unpaired) electrons. The van der Waals surface area contributed by atoms with Crippen LogP contribution < -0.4 is 0 Å². The molecule has 15 heavy (non-hydrogen) atoms. The van der Waals surface area contributed by atoms with Crippen molar-refractivity contribution in [1.82, 2.24) is 0 Å². The van der Waals surface area contributed by atoms with E-state index in [4.69, 9.17) is 6.42 Å². The molecule has 1 heteroatoms. The Morgan fingerprint density at radius 2 is 1.40 bits per heavy atom. The van der Waals surface area contributed by atoms with Crippen LogP contribution in [0.1, 0.15) is 5.56 Å². The first-order valence-electron chi connectivity index (χ1n) is 4.32. The molecule has 0 aliphatic heterocycles. The smallest absolute Gasteiger partial charge is 0.0255 e. The molecule has 0 heterocycles. The summed E-state index contributed by atoms with van der Waals surface area (Å²) < 4.78 is 0. The molecule has 0 atom stereocenters. The summed E-state index contributed by atoms with van der Waals surface area (Å²) in [5, 5.41) is 0. The zero-order valence-corrected chi connectivity index (χ0v) is 14.0. The third-order valence-electron chi connectivity index (χ3n) is 1.53. The van der Waals surface area contributed by atoms with Crippen molar-refractivity contribution >= 4 is 0 Å². The fraction of sp³-hybridized carbons (Fsp3) is 0. The molecular formula is C14H10Hg. The van der Waals surface area contributed by atoms with Gasteiger partial charge >= 0.3 is 0 Å². The minimum atomic E-state index is 0. The molecule has 0 nitrogen and oxygen atoms in total. The van der Waals surface area contributed by atoms with Gasteiger partial charge in [-0.3, -0.25) is 0 Å². The molecule has 0 N–H and O–H groups in total. The van der Waals surface area contributed by atoms with Crippen molar-refractivity contribution in [2.75, 3.05) is 0 Å². The first kappa shape index (κ1) is 13.9. The Morgan fingerprint density at radius 3 is 1.67 bits per heavy atom. The van der Waals surface area contributed by atoms with Crippen LogP contribution in [0.3, 0.4) is 0 Å². The molecule has 68 valence electrons. The van der Waals surface area contributed by atoms with E-state index in [1.54, 1.807) is 0 Å². The van der Waals surface area contributed by atoms with E-state index in [1.807, 2.05) is 60.7 Å². The molecule has 0 aliphatic rings. The summed E-state index contributed by atoms with van der Waals surface area (Å²) >= 11 is 0. The van der Waals surface area contributed by atoms with Gasteiger partial charge in [0.2, 0.25) is 0 Å². The average molecular weight is 379 g/mol. The monoisotopic (exact) mass is 380 g/mol. The Balaban J connectivity index is 0.000000253. The topological polar surface area (TPSA) is 0 Å². The van der Waals surface area contributed by atoms with Crippen LogP contribution in [0.2, 0.25) is 0 Å². The molecule has 2 rings (SSSR count). The van der Waals surface area contributed by atoms with Gasteiger partial charge in [0, 0.05) is 33.2 Å². The third-order valence-corrected chi connectivity index (χ3v) is 1.53. The van der Waals surface area contributed by atoms with Gasteiger partial charge in [-0.2, -0.15) is 0 Å². The fourth-order valence-electron chi connectivity index (χ4n) is 0.863. The van der Waals surface area contributed by atoms with Crippen LogP contribution in [0, 0.1) is 18.4 Å². The van der Waals surface area contributed by atoms with Gasteiger partial charge in [0.25, 0.3) is 0 Å². The standard InChI is InChI=1S/C8H5.C6H5.Hg/c1-2-8-6-4-3-5-7-8;1-2-4-6-5-3-1;/h3-7H;1-5H;. The van der Waals surface area contributed by atoms with E-state index in [-0.39, 0.29) is 27.7 Å². The minimum Gasteiger partial charge on any atom is -0.0622 e. The SMILES string of the molecule is [C]#Cc1ccccc1.[Hg].[c]1ccccc1. The molecule has 0 saturated carbocycles. The van der Waals surface area contributed by atoms with Gasteiger partial charge in [0.15, 0.2) is 0 Å². The molecule has 2 aromatic rings. The zero-order valence-electron chi connectivity index (χ0n) is 8.48. The second-order valence-electron chi connectivity index (χ2n) is 2.57. The average Bonchev–Trinajstić information content (AvgIpc) is 2.33. The number of hydrogen-bond donors (Lipinski definition) is 0. The summed E-state index contributed by atoms with van der Waals surface area (Å²) in [6.07, 6.45) is 6.69. The van der Waals surface area contributed by atoms with Crippen molar-refractivity contribution in [2.45, 2.75) is 0 Å². The van der Waals surface area contributed by atoms with Crippen LogP contribution in [0.4, 0.5) is 0 Å². The van der Waals surface area contributed by atoms with Crippen LogP contribution in [0.25, 0.3) is 0 Å². The van der Waals surface area contributed by atoms with E-state index in [0.29, 0.717) is 0 Å². The normalized spacial score (nSPS) is 7.40. The van der Waals surface area contributed by atoms with Gasteiger partial charge in [-0.25, -0.2) is 0 Å². The van der Waals surface area contributed by atoms with Gasteiger partial charge in [0.1, 0.15) is 0 Å². The summed E-state index contributed by atoms with van der Waals surface area (Å²) in [5.74, 6) is 2.28. The second kappa shape index (κ2) is 9.49. The maximum absolute atomic E-state index is 6.69. The van der Waals surface area contributed by atoms with Crippen molar-refractivity contribution in [3.63, 3.8) is 0 Å². The molecule has 0 aromatic heterocycles. The summed E-state index contributed by atoms with van der Waals surface area (Å²) in [7, 11) is 0. The van der Waals surface area contributed by atoms with Crippen LogP contribution in [0.5, 0.6) is 0 Å². The Bertz CT molecular complexity index is 346. The Kier molecular flexibility index (Phi) is 8.81. The summed E-state index contributed by atoms with van der Waals surface area (Å²) in [6, 6.07) is 21.9. The third kappa shape index (κ3) is 6.93. The Labute approximate surface area is 112 Å². The molecule has 2 aromatic carbocycles. The van der Waals surface area contributed by atoms with E-state index < -0.39 is 0 Å². The van der Waals surface area contributed by atoms with Crippen molar-refractivity contribution < 1.29 is 27.7 Å². The van der Waals surface area contributed by atoms with Crippen molar-refractivity contribution in [2.24, 2.45) is 0 Å². The van der Waals surface area contributed by atoms with Gasteiger partial charge in [-0.15, -0.1) is 0 Å². The number of benzene rings is 2. The predicted octanol–water partition coefficient (Wildman–Crippen LogP) is 3.11. The van der Waals surface area contributed by atoms with E-state index in [2.05, 4.69) is 12.0 Å². The van der Waals surface area contributed by atoms with E-state index in [1.165, 1.54) is 0 Å². The number of hydrogen-bond acceptors (Lipinski definition) is 0. The van der Waals surface area contributed by atoms with Gasteiger partial charge in [0.05, 0.1) is 0 Å². The summed E-state index contributed by atoms with van der Waals surface area (Å²) in [5.41, 5.74) is 0.826. The zero-order chi connectivity index (χ0) is 10.1. The molecule has 0 fully saturated rings. The fourth-order valence-corrected chi connectivity index (χ4v) is 0.863. The first-order chi connectivity index (χ1) is 6.93. The van der Waals surface area contributed by atoms with E-state index in [9.17, 15) is 0 Å². The molecule has 0 aliphatic carbocycles. The summed E-state index contributed by atoms with van der Waals surface area (Å²) in [6.45, 7) is 0. The largest absolute Gasteiger partial charge is 0.0622 e. The van der Waals surface area contributed by atoms with Gasteiger partial charge in [-0.1, -0.05) is 54.5 Å². The Hall–Kier alpha value is -1.06. The van der Waals surface area contributed by atoms with Crippen LogP contribution in [-0.4, -0.2) is 0 Å². The second-order valence-corrected chi connectivity index (χ2v) is 2.57. The maximum Gasteiger partial charge on any atom is 0.0255 e. The number of rotatable bonds is 0. The quantitative estimate of drug-likeness (QED) is 0.488. The van der Waals surface area contributed by atoms with Crippen LogP contribution >= 0.6 is 0 Å².